The number of nitrogens with one attached hydrogen (secondary N) is 1. The third-order valence-corrected chi connectivity index (χ3v) is 4.46. The molecule has 0 spiro atoms. The Kier molecular flexibility index (Phi) is 5.15. The highest BCUT2D eigenvalue weighted by Crippen LogP contribution is 2.35. The Bertz CT molecular complexity index is 805. The van der Waals surface area contributed by atoms with Crippen LogP contribution in [0.4, 0.5) is 10.7 Å². The first-order valence-corrected chi connectivity index (χ1v) is 8.28. The summed E-state index contributed by atoms with van der Waals surface area (Å²) in [5.41, 5.74) is 0.667. The topological polar surface area (TPSA) is 106 Å². The smallest absolute Gasteiger partial charge is 0.407 e. The molecule has 0 radical (unpaired) electrons. The lowest BCUT2D eigenvalue weighted by atomic mass is 10.1. The predicted molar refractivity (Wildman–Crippen MR) is 95.4 cm³/mol. The molecule has 1 aliphatic heterocycles. The lowest BCUT2D eigenvalue weighted by Crippen LogP contribution is -2.41. The number of nitrogens with zero attached hydrogens (tertiary/aromatic N) is 3. The van der Waals surface area contributed by atoms with Crippen LogP contribution in [0.15, 0.2) is 12.1 Å². The second kappa shape index (κ2) is 7.51. The van der Waals surface area contributed by atoms with Crippen molar-refractivity contribution in [2.24, 2.45) is 0 Å². The van der Waals surface area contributed by atoms with Gasteiger partial charge in [0.2, 0.25) is 11.8 Å². The van der Waals surface area contributed by atoms with Gasteiger partial charge in [-0.1, -0.05) is 0 Å². The summed E-state index contributed by atoms with van der Waals surface area (Å²) in [5.74, 6) is 2.02. The van der Waals surface area contributed by atoms with Gasteiger partial charge in [0.05, 0.1) is 32.2 Å². The van der Waals surface area contributed by atoms with Gasteiger partial charge in [0.25, 0.3) is 0 Å². The van der Waals surface area contributed by atoms with Crippen LogP contribution in [-0.4, -0.2) is 66.5 Å². The van der Waals surface area contributed by atoms with E-state index >= 15 is 0 Å². The molecular formula is C17H22N4O5. The number of anilines is 1. The summed E-state index contributed by atoms with van der Waals surface area (Å²) in [7, 11) is 4.68. The molecule has 26 heavy (non-hydrogen) atoms. The number of carbonyl (C=O) groups is 1. The Morgan fingerprint density at radius 3 is 2.35 bits per heavy atom. The molecule has 1 aromatic heterocycles. The molecule has 1 fully saturated rings. The molecule has 1 aromatic carbocycles. The fourth-order valence-electron chi connectivity index (χ4n) is 3.05. The second-order valence-electron chi connectivity index (χ2n) is 5.97. The second-order valence-corrected chi connectivity index (χ2v) is 5.97. The van der Waals surface area contributed by atoms with Crippen molar-refractivity contribution in [3.8, 4) is 17.4 Å². The number of ether oxygens (including phenoxy) is 3. The number of hydrogen-bond donors (Lipinski definition) is 2. The summed E-state index contributed by atoms with van der Waals surface area (Å²) in [4.78, 5) is 21.4. The average Bonchev–Trinajstić information content (AvgIpc) is 2.66. The highest BCUT2D eigenvalue weighted by Gasteiger charge is 2.23. The van der Waals surface area contributed by atoms with E-state index in [-0.39, 0.29) is 6.04 Å². The molecule has 0 aliphatic carbocycles. The highest BCUT2D eigenvalue weighted by atomic mass is 16.5. The molecule has 1 saturated heterocycles. The summed E-state index contributed by atoms with van der Waals surface area (Å²) in [6.07, 6.45) is 0.511. The van der Waals surface area contributed by atoms with Gasteiger partial charge >= 0.3 is 6.09 Å². The van der Waals surface area contributed by atoms with Crippen molar-refractivity contribution < 1.29 is 24.1 Å². The zero-order valence-corrected chi connectivity index (χ0v) is 15.0. The van der Waals surface area contributed by atoms with Crippen LogP contribution in [0.5, 0.6) is 17.4 Å². The van der Waals surface area contributed by atoms with E-state index in [1.54, 1.807) is 33.5 Å². The lowest BCUT2D eigenvalue weighted by Gasteiger charge is -2.30. The predicted octanol–water partition coefficient (Wildman–Crippen LogP) is 2.21. The first-order valence-electron chi connectivity index (χ1n) is 8.28. The Balaban J connectivity index is 1.86. The van der Waals surface area contributed by atoms with Crippen LogP contribution < -0.4 is 19.5 Å². The van der Waals surface area contributed by atoms with Crippen molar-refractivity contribution in [3.63, 3.8) is 0 Å². The number of hydrogen-bond acceptors (Lipinski definition) is 7. The fourth-order valence-corrected chi connectivity index (χ4v) is 3.05. The molecule has 1 aliphatic rings. The molecule has 3 rings (SSSR count). The van der Waals surface area contributed by atoms with Gasteiger partial charge in [-0.05, 0) is 18.9 Å². The number of rotatable bonds is 5. The molecule has 140 valence electrons. The van der Waals surface area contributed by atoms with Crippen LogP contribution in [0.25, 0.3) is 10.9 Å². The summed E-state index contributed by atoms with van der Waals surface area (Å²) >= 11 is 0. The molecule has 1 amide bonds. The minimum Gasteiger partial charge on any atom is -0.493 e. The van der Waals surface area contributed by atoms with Gasteiger partial charge in [-0.2, -0.15) is 4.98 Å². The van der Waals surface area contributed by atoms with E-state index in [0.29, 0.717) is 54.8 Å². The maximum Gasteiger partial charge on any atom is 0.407 e. The first kappa shape index (κ1) is 17.8. The van der Waals surface area contributed by atoms with Crippen LogP contribution in [0, 0.1) is 0 Å². The van der Waals surface area contributed by atoms with Gasteiger partial charge in [-0.3, -0.25) is 0 Å². The Hall–Kier alpha value is -2.97. The standard InChI is InChI=1S/C17H22N4O5/c1-24-13-8-11-12(9-14(13)25-2)19-16(20-15(11)26-3)18-10-4-6-21(7-5-10)17(22)23/h8-10H,4-7H2,1-3H3,(H,22,23)(H,18,19,20). The number of likely N-dealkylation sites (tertiary alicyclic amines) is 1. The molecule has 9 heteroatoms. The number of methoxy groups -OCH3 is 3. The van der Waals surface area contributed by atoms with E-state index in [9.17, 15) is 4.79 Å². The molecule has 0 atom stereocenters. The van der Waals surface area contributed by atoms with Gasteiger partial charge in [-0.25, -0.2) is 9.78 Å². The van der Waals surface area contributed by atoms with Crippen LogP contribution >= 0.6 is 0 Å². The summed E-state index contributed by atoms with van der Waals surface area (Å²) < 4.78 is 16.1. The summed E-state index contributed by atoms with van der Waals surface area (Å²) in [6, 6.07) is 3.66. The van der Waals surface area contributed by atoms with E-state index in [2.05, 4.69) is 15.3 Å². The van der Waals surface area contributed by atoms with Gasteiger partial charge in [-0.15, -0.1) is 0 Å². The Morgan fingerprint density at radius 2 is 1.77 bits per heavy atom. The van der Waals surface area contributed by atoms with Gasteiger partial charge in [0, 0.05) is 25.2 Å². The van der Waals surface area contributed by atoms with Gasteiger partial charge in [0.1, 0.15) is 0 Å². The number of benzene rings is 1. The lowest BCUT2D eigenvalue weighted by molar-refractivity contribution is 0.133. The molecular weight excluding hydrogens is 340 g/mol. The van der Waals surface area contributed by atoms with Crippen molar-refractivity contribution in [2.75, 3.05) is 39.7 Å². The maximum atomic E-state index is 11.0. The number of amides is 1. The minimum absolute atomic E-state index is 0.105. The van der Waals surface area contributed by atoms with Crippen LogP contribution in [0.1, 0.15) is 12.8 Å². The van der Waals surface area contributed by atoms with Crippen LogP contribution in [-0.2, 0) is 0 Å². The van der Waals surface area contributed by atoms with Crippen LogP contribution in [0.3, 0.4) is 0 Å². The minimum atomic E-state index is -0.881. The Labute approximate surface area is 150 Å². The zero-order chi connectivity index (χ0) is 18.7. The molecule has 2 N–H and O–H groups in total. The van der Waals surface area contributed by atoms with Gasteiger partial charge < -0.3 is 29.5 Å². The van der Waals surface area contributed by atoms with E-state index < -0.39 is 6.09 Å². The monoisotopic (exact) mass is 362 g/mol. The molecule has 9 nitrogen and oxygen atoms in total. The largest absolute Gasteiger partial charge is 0.493 e. The average molecular weight is 362 g/mol. The van der Waals surface area contributed by atoms with E-state index in [1.807, 2.05) is 0 Å². The number of aromatic nitrogens is 2. The molecule has 0 saturated carbocycles. The van der Waals surface area contributed by atoms with E-state index in [1.165, 1.54) is 4.90 Å². The highest BCUT2D eigenvalue weighted by molar-refractivity contribution is 5.88. The number of fused-ring (bicyclic) bond motifs is 1. The SMILES string of the molecule is COc1cc2nc(NC3CCN(C(=O)O)CC3)nc(OC)c2cc1OC. The number of carboxylic acid groups (broad SMARTS) is 1. The fraction of sp³-hybridized carbons (Fsp3) is 0.471. The third kappa shape index (κ3) is 3.51. The van der Waals surface area contributed by atoms with Crippen molar-refractivity contribution in [1.82, 2.24) is 14.9 Å². The van der Waals surface area contributed by atoms with Crippen molar-refractivity contribution in [2.45, 2.75) is 18.9 Å². The molecule has 2 heterocycles. The van der Waals surface area contributed by atoms with Crippen molar-refractivity contribution in [1.29, 1.82) is 0 Å². The Morgan fingerprint density at radius 1 is 1.12 bits per heavy atom. The summed E-state index contributed by atoms with van der Waals surface area (Å²) in [6.45, 7) is 0.978. The van der Waals surface area contributed by atoms with E-state index in [4.69, 9.17) is 19.3 Å². The summed E-state index contributed by atoms with van der Waals surface area (Å²) in [5, 5.41) is 13.0. The quantitative estimate of drug-likeness (QED) is 0.834. The third-order valence-electron chi connectivity index (χ3n) is 4.46. The maximum absolute atomic E-state index is 11.0. The van der Waals surface area contributed by atoms with Crippen LogP contribution in [0.2, 0.25) is 0 Å². The van der Waals surface area contributed by atoms with Crippen molar-refractivity contribution >= 4 is 22.9 Å². The molecule has 0 bridgehead atoms. The number of piperidine rings is 1. The van der Waals surface area contributed by atoms with Gasteiger partial charge in [0.15, 0.2) is 11.5 Å². The normalized spacial score (nSPS) is 15.0. The molecule has 0 unspecified atom stereocenters. The zero-order valence-electron chi connectivity index (χ0n) is 15.0. The van der Waals surface area contributed by atoms with E-state index in [0.717, 1.165) is 5.39 Å². The molecule has 2 aromatic rings. The first-order chi connectivity index (χ1) is 12.5. The van der Waals surface area contributed by atoms with Crippen molar-refractivity contribution in [3.05, 3.63) is 12.1 Å².